The molecule has 1 unspecified atom stereocenters. The van der Waals surface area contributed by atoms with Crippen molar-refractivity contribution >= 4 is 20.2 Å². The monoisotopic (exact) mass is 406 g/mol. The van der Waals surface area contributed by atoms with Gasteiger partial charge in [-0.3, -0.25) is 4.57 Å². The van der Waals surface area contributed by atoms with E-state index < -0.39 is 13.3 Å². The van der Waals surface area contributed by atoms with Crippen molar-refractivity contribution in [1.82, 2.24) is 0 Å². The van der Waals surface area contributed by atoms with Crippen molar-refractivity contribution in [3.05, 3.63) is 64.7 Å². The lowest BCUT2D eigenvalue weighted by molar-refractivity contribution is 0.215. The third-order valence-corrected chi connectivity index (χ3v) is 7.30. The van der Waals surface area contributed by atoms with E-state index in [1.165, 1.54) is 5.56 Å². The molecular formula is C22H31O3PS. The van der Waals surface area contributed by atoms with Crippen LogP contribution in [0.4, 0.5) is 0 Å². The van der Waals surface area contributed by atoms with E-state index >= 15 is 0 Å². The van der Waals surface area contributed by atoms with Gasteiger partial charge in [0.05, 0.1) is 13.2 Å². The topological polar surface area (TPSA) is 35.5 Å². The third-order valence-electron chi connectivity index (χ3n) is 4.45. The average molecular weight is 407 g/mol. The first-order valence-corrected chi connectivity index (χ1v) is 11.5. The molecule has 2 aromatic carbocycles. The van der Waals surface area contributed by atoms with E-state index in [1.807, 2.05) is 38.1 Å². The molecule has 1 atom stereocenters. The summed E-state index contributed by atoms with van der Waals surface area (Å²) in [4.78, 5) is 0.779. The third kappa shape index (κ3) is 5.26. The van der Waals surface area contributed by atoms with Crippen molar-refractivity contribution < 1.29 is 13.6 Å². The molecule has 0 heterocycles. The maximum atomic E-state index is 13.9. The molecule has 2 aromatic rings. The highest BCUT2D eigenvalue weighted by Gasteiger charge is 2.39. The zero-order valence-corrected chi connectivity index (χ0v) is 18.9. The lowest BCUT2D eigenvalue weighted by atomic mass is 9.84. The SMILES string of the molecule is CCOP(=O)(OCC)C(c1cc(C)cc(C(C)(C)C)c1)c1ccccc1S. The highest BCUT2D eigenvalue weighted by Crippen LogP contribution is 2.64. The Balaban J connectivity index is 2.76. The Labute approximate surface area is 169 Å². The summed E-state index contributed by atoms with van der Waals surface area (Å²) in [6.45, 7) is 12.9. The number of rotatable bonds is 7. The molecule has 0 N–H and O–H groups in total. The molecule has 3 nitrogen and oxygen atoms in total. The van der Waals surface area contributed by atoms with Crippen LogP contribution in [0.2, 0.25) is 0 Å². The standard InChI is InChI=1S/C22H31O3PS/c1-7-24-26(23,25-8-2)21(19-11-9-10-12-20(19)27)17-13-16(3)14-18(15-17)22(4,5)6/h9-15,21,27H,7-8H2,1-6H3. The van der Waals surface area contributed by atoms with E-state index in [9.17, 15) is 4.57 Å². The molecule has 148 valence electrons. The van der Waals surface area contributed by atoms with Crippen LogP contribution in [0.3, 0.4) is 0 Å². The number of thiol groups is 1. The van der Waals surface area contributed by atoms with Gasteiger partial charge in [-0.05, 0) is 48.9 Å². The van der Waals surface area contributed by atoms with Gasteiger partial charge in [0.1, 0.15) is 5.66 Å². The Morgan fingerprint density at radius 2 is 1.63 bits per heavy atom. The van der Waals surface area contributed by atoms with E-state index in [2.05, 4.69) is 58.5 Å². The molecule has 0 saturated heterocycles. The van der Waals surface area contributed by atoms with Crippen molar-refractivity contribution in [2.24, 2.45) is 0 Å². The molecule has 0 aliphatic rings. The van der Waals surface area contributed by atoms with Crippen LogP contribution in [0.25, 0.3) is 0 Å². The molecule has 0 spiro atoms. The first-order chi connectivity index (χ1) is 12.6. The van der Waals surface area contributed by atoms with Gasteiger partial charge >= 0.3 is 7.60 Å². The zero-order chi connectivity index (χ0) is 20.2. The van der Waals surface area contributed by atoms with Crippen LogP contribution in [0.5, 0.6) is 0 Å². The van der Waals surface area contributed by atoms with Gasteiger partial charge in [0.25, 0.3) is 0 Å². The second kappa shape index (κ2) is 8.96. The molecule has 0 radical (unpaired) electrons. The summed E-state index contributed by atoms with van der Waals surface area (Å²) in [6, 6.07) is 14.1. The van der Waals surface area contributed by atoms with Crippen LogP contribution >= 0.6 is 20.2 Å². The molecule has 0 bridgehead atoms. The summed E-state index contributed by atoms with van der Waals surface area (Å²) in [6.07, 6.45) is 0. The Bertz CT molecular complexity index is 817. The van der Waals surface area contributed by atoms with Gasteiger partial charge in [-0.1, -0.05) is 62.7 Å². The number of hydrogen-bond acceptors (Lipinski definition) is 4. The fourth-order valence-electron chi connectivity index (χ4n) is 3.20. The number of aryl methyl sites for hydroxylation is 1. The molecule has 0 saturated carbocycles. The lowest BCUT2D eigenvalue weighted by Gasteiger charge is -2.29. The molecule has 0 amide bonds. The Morgan fingerprint density at radius 1 is 1.04 bits per heavy atom. The Morgan fingerprint density at radius 3 is 2.15 bits per heavy atom. The highest BCUT2D eigenvalue weighted by atomic mass is 32.1. The van der Waals surface area contributed by atoms with E-state index in [4.69, 9.17) is 9.05 Å². The van der Waals surface area contributed by atoms with E-state index in [0.717, 1.165) is 21.6 Å². The smallest absolute Gasteiger partial charge is 0.308 e. The first-order valence-electron chi connectivity index (χ1n) is 9.41. The maximum Gasteiger partial charge on any atom is 0.342 e. The summed E-state index contributed by atoms with van der Waals surface area (Å²) < 4.78 is 25.4. The Hall–Kier alpha value is -1.06. The van der Waals surface area contributed by atoms with Crippen molar-refractivity contribution in [3.63, 3.8) is 0 Å². The molecule has 0 aliphatic heterocycles. The lowest BCUT2D eigenvalue weighted by Crippen LogP contribution is -2.14. The van der Waals surface area contributed by atoms with Crippen molar-refractivity contribution in [2.45, 2.75) is 57.5 Å². The van der Waals surface area contributed by atoms with E-state index in [-0.39, 0.29) is 5.41 Å². The second-order valence-electron chi connectivity index (χ2n) is 7.72. The minimum absolute atomic E-state index is 0.0208. The average Bonchev–Trinajstić information content (AvgIpc) is 2.56. The second-order valence-corrected chi connectivity index (χ2v) is 10.3. The van der Waals surface area contributed by atoms with Crippen molar-refractivity contribution in [3.8, 4) is 0 Å². The molecule has 27 heavy (non-hydrogen) atoms. The summed E-state index contributed by atoms with van der Waals surface area (Å²) >= 11 is 4.63. The van der Waals surface area contributed by atoms with Crippen molar-refractivity contribution in [2.75, 3.05) is 13.2 Å². The summed E-state index contributed by atoms with van der Waals surface area (Å²) in [5.74, 6) is 0. The molecule has 5 heteroatoms. The van der Waals surface area contributed by atoms with Gasteiger partial charge < -0.3 is 9.05 Å². The molecular weight excluding hydrogens is 375 g/mol. The highest BCUT2D eigenvalue weighted by molar-refractivity contribution is 7.80. The summed E-state index contributed by atoms with van der Waals surface area (Å²) in [5, 5.41) is 0. The number of benzene rings is 2. The van der Waals surface area contributed by atoms with Crippen LogP contribution in [0, 0.1) is 6.92 Å². The van der Waals surface area contributed by atoms with Gasteiger partial charge in [-0.15, -0.1) is 12.6 Å². The Kier molecular flexibility index (Phi) is 7.38. The molecule has 0 fully saturated rings. The van der Waals surface area contributed by atoms with Crippen LogP contribution in [0.15, 0.2) is 47.4 Å². The van der Waals surface area contributed by atoms with Gasteiger partial charge in [0.15, 0.2) is 0 Å². The van der Waals surface area contributed by atoms with Crippen LogP contribution in [-0.2, 0) is 19.0 Å². The van der Waals surface area contributed by atoms with Crippen LogP contribution in [0.1, 0.15) is 62.5 Å². The fourth-order valence-corrected chi connectivity index (χ4v) is 5.77. The first kappa shape index (κ1) is 22.2. The van der Waals surface area contributed by atoms with Crippen LogP contribution < -0.4 is 0 Å². The summed E-state index contributed by atoms with van der Waals surface area (Å²) in [5.41, 5.74) is 3.57. The minimum Gasteiger partial charge on any atom is -0.308 e. The zero-order valence-electron chi connectivity index (χ0n) is 17.2. The normalized spacial score (nSPS) is 13.6. The minimum atomic E-state index is -3.44. The van der Waals surface area contributed by atoms with Gasteiger partial charge in [0.2, 0.25) is 0 Å². The molecule has 0 aliphatic carbocycles. The molecule has 2 rings (SSSR count). The summed E-state index contributed by atoms with van der Waals surface area (Å²) in [7, 11) is -3.44. The van der Waals surface area contributed by atoms with Gasteiger partial charge in [-0.25, -0.2) is 0 Å². The van der Waals surface area contributed by atoms with E-state index in [1.54, 1.807) is 0 Å². The predicted molar refractivity (Wildman–Crippen MR) is 116 cm³/mol. The van der Waals surface area contributed by atoms with E-state index in [0.29, 0.717) is 13.2 Å². The predicted octanol–water partition coefficient (Wildman–Crippen LogP) is 6.94. The van der Waals surface area contributed by atoms with Gasteiger partial charge in [-0.2, -0.15) is 0 Å². The van der Waals surface area contributed by atoms with Gasteiger partial charge in [0, 0.05) is 4.90 Å². The van der Waals surface area contributed by atoms with Crippen molar-refractivity contribution in [1.29, 1.82) is 0 Å². The quantitative estimate of drug-likeness (QED) is 0.400. The fraction of sp³-hybridized carbons (Fsp3) is 0.455. The largest absolute Gasteiger partial charge is 0.342 e. The maximum absolute atomic E-state index is 13.9. The number of hydrogen-bond donors (Lipinski definition) is 1. The van der Waals surface area contributed by atoms with Crippen LogP contribution in [-0.4, -0.2) is 13.2 Å². The molecule has 0 aromatic heterocycles.